The number of anilines is 3. The highest BCUT2D eigenvalue weighted by atomic mass is 32.1. The molecule has 0 atom stereocenters. The highest BCUT2D eigenvalue weighted by Crippen LogP contribution is 2.34. The second-order valence-corrected chi connectivity index (χ2v) is 5.62. The van der Waals surface area contributed by atoms with Crippen molar-refractivity contribution >= 4 is 34.4 Å². The molecule has 0 saturated carbocycles. The van der Waals surface area contributed by atoms with Gasteiger partial charge in [-0.2, -0.15) is 5.26 Å². The van der Waals surface area contributed by atoms with Crippen molar-refractivity contribution in [3.63, 3.8) is 0 Å². The standard InChI is InChI=1S/C17H15N5S/c1-11-5-7-12(8-6-11)20-17(23)13(10-18)16-21-15-14(22(16)2)4-3-9-19-15/h3-9H,1-2H3,(H,19,21)(H,20,23)/b16-13+. The number of pyridine rings is 1. The zero-order valence-corrected chi connectivity index (χ0v) is 13.6. The lowest BCUT2D eigenvalue weighted by Gasteiger charge is -2.16. The molecule has 0 fully saturated rings. The Balaban J connectivity index is 1.89. The minimum Gasteiger partial charge on any atom is -0.345 e. The molecule has 2 aromatic rings. The van der Waals surface area contributed by atoms with Crippen LogP contribution in [0.15, 0.2) is 54.0 Å². The molecule has 0 unspecified atom stereocenters. The fourth-order valence-electron chi connectivity index (χ4n) is 2.35. The molecule has 0 aliphatic carbocycles. The number of nitrogens with one attached hydrogen (secondary N) is 2. The van der Waals surface area contributed by atoms with Crippen LogP contribution < -0.4 is 15.5 Å². The zero-order valence-electron chi connectivity index (χ0n) is 12.8. The van der Waals surface area contributed by atoms with Gasteiger partial charge in [0.2, 0.25) is 0 Å². The molecular weight excluding hydrogens is 306 g/mol. The van der Waals surface area contributed by atoms with Gasteiger partial charge in [0, 0.05) is 18.9 Å². The Hall–Kier alpha value is -2.91. The van der Waals surface area contributed by atoms with Gasteiger partial charge in [-0.1, -0.05) is 29.9 Å². The number of nitriles is 1. The van der Waals surface area contributed by atoms with Crippen LogP contribution in [0.25, 0.3) is 0 Å². The van der Waals surface area contributed by atoms with Crippen molar-refractivity contribution < 1.29 is 0 Å². The largest absolute Gasteiger partial charge is 0.345 e. The molecule has 6 heteroatoms. The summed E-state index contributed by atoms with van der Waals surface area (Å²) >= 11 is 5.41. The van der Waals surface area contributed by atoms with E-state index in [9.17, 15) is 5.26 Å². The molecule has 1 aliphatic heterocycles. The molecular formula is C17H15N5S. The Bertz CT molecular complexity index is 833. The molecule has 1 aliphatic rings. The number of aryl methyl sites for hydroxylation is 1. The summed E-state index contributed by atoms with van der Waals surface area (Å²) in [7, 11) is 1.88. The minimum atomic E-state index is 0.374. The van der Waals surface area contributed by atoms with E-state index in [4.69, 9.17) is 12.2 Å². The number of benzene rings is 1. The van der Waals surface area contributed by atoms with E-state index in [0.717, 1.165) is 17.2 Å². The Morgan fingerprint density at radius 1 is 1.30 bits per heavy atom. The average Bonchev–Trinajstić information content (AvgIpc) is 2.88. The van der Waals surface area contributed by atoms with Gasteiger partial charge in [0.15, 0.2) is 5.82 Å². The molecule has 5 nitrogen and oxygen atoms in total. The van der Waals surface area contributed by atoms with Gasteiger partial charge >= 0.3 is 0 Å². The number of aromatic nitrogens is 1. The third-order valence-electron chi connectivity index (χ3n) is 3.61. The van der Waals surface area contributed by atoms with Crippen LogP contribution in [0.4, 0.5) is 17.2 Å². The molecule has 0 radical (unpaired) electrons. The Labute approximate surface area is 140 Å². The molecule has 0 saturated heterocycles. The number of hydrogen-bond acceptors (Lipinski definition) is 5. The number of nitrogens with zero attached hydrogens (tertiary/aromatic N) is 3. The Morgan fingerprint density at radius 2 is 2.04 bits per heavy atom. The molecule has 0 amide bonds. The van der Waals surface area contributed by atoms with E-state index < -0.39 is 0 Å². The summed E-state index contributed by atoms with van der Waals surface area (Å²) in [5.41, 5.74) is 3.30. The van der Waals surface area contributed by atoms with Crippen molar-refractivity contribution in [2.75, 3.05) is 22.6 Å². The van der Waals surface area contributed by atoms with E-state index in [1.165, 1.54) is 5.56 Å². The lowest BCUT2D eigenvalue weighted by molar-refractivity contribution is 1.15. The van der Waals surface area contributed by atoms with Crippen molar-refractivity contribution in [1.82, 2.24) is 4.98 Å². The van der Waals surface area contributed by atoms with Crippen LogP contribution in [-0.2, 0) is 0 Å². The first-order valence-corrected chi connectivity index (χ1v) is 7.49. The molecule has 0 bridgehead atoms. The maximum absolute atomic E-state index is 9.55. The molecule has 1 aromatic carbocycles. The molecule has 0 spiro atoms. The van der Waals surface area contributed by atoms with Gasteiger partial charge in [0.1, 0.15) is 22.5 Å². The summed E-state index contributed by atoms with van der Waals surface area (Å²) in [6.07, 6.45) is 1.71. The first-order chi connectivity index (χ1) is 11.1. The Morgan fingerprint density at radius 3 is 2.70 bits per heavy atom. The Kier molecular flexibility index (Phi) is 3.96. The minimum absolute atomic E-state index is 0.374. The number of thiocarbonyl (C=S) groups is 1. The van der Waals surface area contributed by atoms with Gasteiger partial charge in [-0.05, 0) is 31.2 Å². The molecule has 2 N–H and O–H groups in total. The van der Waals surface area contributed by atoms with E-state index >= 15 is 0 Å². The summed E-state index contributed by atoms with van der Waals surface area (Å²) in [5, 5.41) is 15.8. The SMILES string of the molecule is Cc1ccc(NC(=S)/C(C#N)=C2\Nc3ncccc3N2C)cc1. The lowest BCUT2D eigenvalue weighted by Crippen LogP contribution is -2.22. The number of fused-ring (bicyclic) bond motifs is 1. The van der Waals surface area contributed by atoms with Crippen molar-refractivity contribution in [1.29, 1.82) is 5.26 Å². The maximum Gasteiger partial charge on any atom is 0.155 e. The smallest absolute Gasteiger partial charge is 0.155 e. The highest BCUT2D eigenvalue weighted by Gasteiger charge is 2.26. The number of rotatable bonds is 2. The highest BCUT2D eigenvalue weighted by molar-refractivity contribution is 7.81. The van der Waals surface area contributed by atoms with E-state index in [2.05, 4.69) is 21.7 Å². The van der Waals surface area contributed by atoms with Crippen LogP contribution in [0.1, 0.15) is 5.56 Å². The molecule has 1 aromatic heterocycles. The monoisotopic (exact) mass is 321 g/mol. The summed E-state index contributed by atoms with van der Waals surface area (Å²) in [5.74, 6) is 1.35. The normalized spacial score (nSPS) is 14.6. The summed E-state index contributed by atoms with van der Waals surface area (Å²) < 4.78 is 0. The second-order valence-electron chi connectivity index (χ2n) is 5.21. The molecule has 2 heterocycles. The molecule has 114 valence electrons. The van der Waals surface area contributed by atoms with Crippen molar-refractivity contribution in [2.45, 2.75) is 6.92 Å². The van der Waals surface area contributed by atoms with E-state index in [1.54, 1.807) is 6.20 Å². The van der Waals surface area contributed by atoms with E-state index in [-0.39, 0.29) is 0 Å². The summed E-state index contributed by atoms with van der Waals surface area (Å²) in [6, 6.07) is 13.8. The van der Waals surface area contributed by atoms with Gasteiger partial charge in [0.25, 0.3) is 0 Å². The number of hydrogen-bond donors (Lipinski definition) is 2. The van der Waals surface area contributed by atoms with Crippen molar-refractivity contribution in [2.24, 2.45) is 0 Å². The van der Waals surface area contributed by atoms with Gasteiger partial charge in [-0.25, -0.2) is 4.98 Å². The fraction of sp³-hybridized carbons (Fsp3) is 0.118. The summed E-state index contributed by atoms with van der Waals surface area (Å²) in [4.78, 5) is 6.52. The van der Waals surface area contributed by atoms with Crippen LogP contribution in [-0.4, -0.2) is 17.0 Å². The maximum atomic E-state index is 9.55. The quantitative estimate of drug-likeness (QED) is 0.502. The van der Waals surface area contributed by atoms with Gasteiger partial charge in [-0.3, -0.25) is 0 Å². The van der Waals surface area contributed by atoms with E-state index in [0.29, 0.717) is 16.4 Å². The fourth-order valence-corrected chi connectivity index (χ4v) is 2.61. The van der Waals surface area contributed by atoms with E-state index in [1.807, 2.05) is 55.3 Å². The third-order valence-corrected chi connectivity index (χ3v) is 3.91. The van der Waals surface area contributed by atoms with Gasteiger partial charge in [0.05, 0.1) is 5.69 Å². The predicted molar refractivity (Wildman–Crippen MR) is 96.3 cm³/mol. The van der Waals surface area contributed by atoms with Crippen LogP contribution in [0.5, 0.6) is 0 Å². The lowest BCUT2D eigenvalue weighted by atomic mass is 10.2. The predicted octanol–water partition coefficient (Wildman–Crippen LogP) is 3.43. The molecule has 23 heavy (non-hydrogen) atoms. The van der Waals surface area contributed by atoms with Gasteiger partial charge < -0.3 is 15.5 Å². The molecule has 3 rings (SSSR count). The first kappa shape index (κ1) is 15.0. The van der Waals surface area contributed by atoms with Crippen molar-refractivity contribution in [3.8, 4) is 6.07 Å². The third kappa shape index (κ3) is 2.87. The van der Waals surface area contributed by atoms with Crippen LogP contribution in [0.2, 0.25) is 0 Å². The topological polar surface area (TPSA) is 64.0 Å². The average molecular weight is 321 g/mol. The first-order valence-electron chi connectivity index (χ1n) is 7.08. The second kappa shape index (κ2) is 6.07. The van der Waals surface area contributed by atoms with Crippen molar-refractivity contribution in [3.05, 3.63) is 59.6 Å². The van der Waals surface area contributed by atoms with Crippen LogP contribution >= 0.6 is 12.2 Å². The zero-order chi connectivity index (χ0) is 16.4. The summed E-state index contributed by atoms with van der Waals surface area (Å²) in [6.45, 7) is 2.02. The van der Waals surface area contributed by atoms with Crippen LogP contribution in [0.3, 0.4) is 0 Å². The van der Waals surface area contributed by atoms with Crippen LogP contribution in [0, 0.1) is 18.3 Å². The van der Waals surface area contributed by atoms with Gasteiger partial charge in [-0.15, -0.1) is 0 Å².